The summed E-state index contributed by atoms with van der Waals surface area (Å²) in [5.74, 6) is 1.87. The minimum absolute atomic E-state index is 0.719. The van der Waals surface area contributed by atoms with Gasteiger partial charge in [-0.15, -0.1) is 0 Å². The Hall–Kier alpha value is -0.500. The monoisotopic (exact) mass is 266 g/mol. The molecule has 1 aromatic rings. The van der Waals surface area contributed by atoms with Gasteiger partial charge in [0.2, 0.25) is 0 Å². The fraction of sp³-hybridized carbons (Fsp3) is 0.538. The maximum atomic E-state index is 5.61. The third kappa shape index (κ3) is 1.80. The summed E-state index contributed by atoms with van der Waals surface area (Å²) in [5.41, 5.74) is 2.85. The van der Waals surface area contributed by atoms with E-state index in [-0.39, 0.29) is 0 Å². The minimum Gasteiger partial charge on any atom is -0.493 e. The van der Waals surface area contributed by atoms with E-state index < -0.39 is 0 Å². The smallest absolute Gasteiger partial charge is 0.122 e. The van der Waals surface area contributed by atoms with Gasteiger partial charge in [0.15, 0.2) is 0 Å². The number of ether oxygens (including phenoxy) is 1. The molecular weight excluding hydrogens is 252 g/mol. The van der Waals surface area contributed by atoms with Gasteiger partial charge in [-0.1, -0.05) is 28.1 Å². The van der Waals surface area contributed by atoms with Crippen molar-refractivity contribution in [1.29, 1.82) is 0 Å². The van der Waals surface area contributed by atoms with Crippen LogP contribution < -0.4 is 4.74 Å². The Labute approximate surface area is 99.0 Å². The van der Waals surface area contributed by atoms with Crippen LogP contribution in [0.3, 0.4) is 0 Å². The lowest BCUT2D eigenvalue weighted by atomic mass is 9.96. The lowest BCUT2D eigenvalue weighted by Gasteiger charge is -2.11. The molecule has 1 aliphatic carbocycles. The van der Waals surface area contributed by atoms with Crippen molar-refractivity contribution in [2.24, 2.45) is 0 Å². The molecule has 1 aromatic carbocycles. The SMILES string of the molecule is BrC1CCC(c2ccc3c(c2)OCC3)C1. The average Bonchev–Trinajstić information content (AvgIpc) is 2.84. The van der Waals surface area contributed by atoms with E-state index in [2.05, 4.69) is 34.1 Å². The van der Waals surface area contributed by atoms with E-state index in [0.717, 1.165) is 29.5 Å². The van der Waals surface area contributed by atoms with E-state index in [0.29, 0.717) is 0 Å². The maximum Gasteiger partial charge on any atom is 0.122 e. The molecular formula is C13H15BrO. The van der Waals surface area contributed by atoms with Gasteiger partial charge in [-0.2, -0.15) is 0 Å². The molecule has 3 rings (SSSR count). The van der Waals surface area contributed by atoms with Crippen molar-refractivity contribution < 1.29 is 4.74 Å². The summed E-state index contributed by atoms with van der Waals surface area (Å²) in [6.07, 6.45) is 4.98. The Morgan fingerprint density at radius 1 is 1.27 bits per heavy atom. The van der Waals surface area contributed by atoms with Crippen LogP contribution in [0.4, 0.5) is 0 Å². The fourth-order valence-corrected chi connectivity index (χ4v) is 3.38. The van der Waals surface area contributed by atoms with Crippen LogP contribution in [0.1, 0.15) is 36.3 Å². The number of rotatable bonds is 1. The van der Waals surface area contributed by atoms with E-state index in [1.165, 1.54) is 30.4 Å². The standard InChI is InChI=1S/C13H15BrO/c14-12-4-3-10(7-12)11-2-1-9-5-6-15-13(9)8-11/h1-2,8,10,12H,3-7H2. The van der Waals surface area contributed by atoms with Gasteiger partial charge in [0, 0.05) is 11.2 Å². The van der Waals surface area contributed by atoms with Crippen LogP contribution in [-0.4, -0.2) is 11.4 Å². The van der Waals surface area contributed by atoms with Crippen LogP contribution in [-0.2, 0) is 6.42 Å². The van der Waals surface area contributed by atoms with Crippen molar-refractivity contribution in [2.45, 2.75) is 36.4 Å². The van der Waals surface area contributed by atoms with E-state index in [4.69, 9.17) is 4.74 Å². The van der Waals surface area contributed by atoms with Crippen molar-refractivity contribution in [2.75, 3.05) is 6.61 Å². The maximum absolute atomic E-state index is 5.61. The molecule has 0 aromatic heterocycles. The zero-order valence-electron chi connectivity index (χ0n) is 8.71. The first-order valence-electron chi connectivity index (χ1n) is 5.72. The molecule has 1 nitrogen and oxygen atoms in total. The summed E-state index contributed by atoms with van der Waals surface area (Å²) in [4.78, 5) is 0.719. The highest BCUT2D eigenvalue weighted by Gasteiger charge is 2.25. The van der Waals surface area contributed by atoms with Crippen molar-refractivity contribution in [3.8, 4) is 5.75 Å². The van der Waals surface area contributed by atoms with Crippen LogP contribution in [0.15, 0.2) is 18.2 Å². The van der Waals surface area contributed by atoms with E-state index in [1.54, 1.807) is 0 Å². The molecule has 0 amide bonds. The van der Waals surface area contributed by atoms with E-state index >= 15 is 0 Å². The molecule has 2 unspecified atom stereocenters. The molecule has 1 heterocycles. The van der Waals surface area contributed by atoms with E-state index in [9.17, 15) is 0 Å². The topological polar surface area (TPSA) is 9.23 Å². The first kappa shape index (κ1) is 9.71. The summed E-state index contributed by atoms with van der Waals surface area (Å²) in [6.45, 7) is 0.866. The highest BCUT2D eigenvalue weighted by atomic mass is 79.9. The van der Waals surface area contributed by atoms with Crippen LogP contribution in [0.2, 0.25) is 0 Å². The Balaban J connectivity index is 1.87. The molecule has 2 heteroatoms. The zero-order chi connectivity index (χ0) is 10.3. The van der Waals surface area contributed by atoms with Gasteiger partial charge in [-0.05, 0) is 42.4 Å². The molecule has 15 heavy (non-hydrogen) atoms. The Bertz CT molecular complexity index is 375. The molecule has 0 N–H and O–H groups in total. The number of hydrogen-bond donors (Lipinski definition) is 0. The molecule has 0 bridgehead atoms. The van der Waals surface area contributed by atoms with Crippen molar-refractivity contribution in [3.63, 3.8) is 0 Å². The quantitative estimate of drug-likeness (QED) is 0.706. The predicted octanol–water partition coefficient (Wildman–Crippen LogP) is 3.65. The van der Waals surface area contributed by atoms with E-state index in [1.807, 2.05) is 0 Å². The Morgan fingerprint density at radius 2 is 2.20 bits per heavy atom. The van der Waals surface area contributed by atoms with Crippen molar-refractivity contribution in [3.05, 3.63) is 29.3 Å². The van der Waals surface area contributed by atoms with Crippen LogP contribution in [0.25, 0.3) is 0 Å². The molecule has 80 valence electrons. The van der Waals surface area contributed by atoms with Gasteiger partial charge >= 0.3 is 0 Å². The third-order valence-electron chi connectivity index (χ3n) is 3.56. The number of fused-ring (bicyclic) bond motifs is 1. The van der Waals surface area contributed by atoms with Gasteiger partial charge < -0.3 is 4.74 Å². The van der Waals surface area contributed by atoms with Crippen molar-refractivity contribution >= 4 is 15.9 Å². The van der Waals surface area contributed by atoms with Crippen molar-refractivity contribution in [1.82, 2.24) is 0 Å². The fourth-order valence-electron chi connectivity index (χ4n) is 2.67. The largest absolute Gasteiger partial charge is 0.493 e. The second-order valence-electron chi connectivity index (χ2n) is 4.57. The van der Waals surface area contributed by atoms with Gasteiger partial charge in [-0.25, -0.2) is 0 Å². The molecule has 0 radical (unpaired) electrons. The highest BCUT2D eigenvalue weighted by Crippen LogP contribution is 2.40. The van der Waals surface area contributed by atoms with Gasteiger partial charge in [0.1, 0.15) is 5.75 Å². The first-order chi connectivity index (χ1) is 7.33. The number of hydrogen-bond acceptors (Lipinski definition) is 1. The Kier molecular flexibility index (Phi) is 2.47. The summed E-state index contributed by atoms with van der Waals surface area (Å²) < 4.78 is 5.61. The first-order valence-corrected chi connectivity index (χ1v) is 6.64. The second-order valence-corrected chi connectivity index (χ2v) is 5.87. The van der Waals surface area contributed by atoms with Gasteiger partial charge in [0.05, 0.1) is 6.61 Å². The lowest BCUT2D eigenvalue weighted by molar-refractivity contribution is 0.356. The van der Waals surface area contributed by atoms with Crippen LogP contribution >= 0.6 is 15.9 Å². The van der Waals surface area contributed by atoms with Crippen LogP contribution in [0, 0.1) is 0 Å². The van der Waals surface area contributed by atoms with Crippen LogP contribution in [0.5, 0.6) is 5.75 Å². The predicted molar refractivity (Wildman–Crippen MR) is 64.9 cm³/mol. The lowest BCUT2D eigenvalue weighted by Crippen LogP contribution is -1.94. The summed E-state index contributed by atoms with van der Waals surface area (Å²) in [6, 6.07) is 6.81. The van der Waals surface area contributed by atoms with Gasteiger partial charge in [-0.3, -0.25) is 0 Å². The number of halogens is 1. The number of alkyl halides is 1. The average molecular weight is 267 g/mol. The Morgan fingerprint density at radius 3 is 3.00 bits per heavy atom. The second kappa shape index (κ2) is 3.82. The van der Waals surface area contributed by atoms with Gasteiger partial charge in [0.25, 0.3) is 0 Å². The molecule has 1 saturated carbocycles. The summed E-state index contributed by atoms with van der Waals surface area (Å²) in [7, 11) is 0. The molecule has 2 aliphatic rings. The molecule has 1 aliphatic heterocycles. The molecule has 0 spiro atoms. The molecule has 2 atom stereocenters. The molecule has 0 saturated heterocycles. The third-order valence-corrected chi connectivity index (χ3v) is 4.39. The summed E-state index contributed by atoms with van der Waals surface area (Å²) >= 11 is 3.71. The summed E-state index contributed by atoms with van der Waals surface area (Å²) in [5, 5.41) is 0. The minimum atomic E-state index is 0.719. The zero-order valence-corrected chi connectivity index (χ0v) is 10.3. The molecule has 1 fully saturated rings. The highest BCUT2D eigenvalue weighted by molar-refractivity contribution is 9.09. The number of benzene rings is 1. The normalized spacial score (nSPS) is 28.9.